The number of rotatable bonds is 8. The topological polar surface area (TPSA) is 79.4 Å². The molecule has 0 fully saturated rings. The molecule has 2 aromatic rings. The van der Waals surface area contributed by atoms with Crippen LogP contribution < -0.4 is 0 Å². The lowest BCUT2D eigenvalue weighted by Crippen LogP contribution is -2.22. The van der Waals surface area contributed by atoms with E-state index < -0.39 is 13.0 Å². The lowest BCUT2D eigenvalue weighted by Gasteiger charge is -2.15. The minimum absolute atomic E-state index is 0.0475. The quantitative estimate of drug-likeness (QED) is 0.311. The monoisotopic (exact) mass is 351 g/mol. The molecule has 7 nitrogen and oxygen atoms in total. The van der Waals surface area contributed by atoms with Gasteiger partial charge in [0, 0.05) is 39.3 Å². The van der Waals surface area contributed by atoms with Crippen LogP contribution in [0.1, 0.15) is 18.7 Å². The van der Waals surface area contributed by atoms with E-state index in [9.17, 15) is 10.1 Å². The van der Waals surface area contributed by atoms with Crippen LogP contribution in [0, 0.1) is 10.1 Å². The molecule has 0 aliphatic rings. The molecule has 0 spiro atoms. The normalized spacial score (nSPS) is 13.4. The summed E-state index contributed by atoms with van der Waals surface area (Å²) in [6.45, 7) is 9.80. The number of nitrogens with zero attached hydrogens (tertiary/aromatic N) is 3. The first-order valence-electron chi connectivity index (χ1n) is 7.98. The summed E-state index contributed by atoms with van der Waals surface area (Å²) in [7, 11) is 0.457. The summed E-state index contributed by atoms with van der Waals surface area (Å²) in [6.07, 6.45) is -0.252. The maximum absolute atomic E-state index is 11.0. The molecule has 2 rings (SSSR count). The van der Waals surface area contributed by atoms with Crippen LogP contribution in [0.4, 0.5) is 5.69 Å². The van der Waals surface area contributed by atoms with Crippen molar-refractivity contribution >= 4 is 24.7 Å². The fourth-order valence-electron chi connectivity index (χ4n) is 2.35. The average Bonchev–Trinajstić information content (AvgIpc) is 2.88. The molecule has 1 aromatic carbocycles. The van der Waals surface area contributed by atoms with Crippen LogP contribution in [0.3, 0.4) is 0 Å². The third kappa shape index (κ3) is 4.40. The zero-order valence-corrected chi connectivity index (χ0v) is 15.9. The Morgan fingerprint density at radius 3 is 2.67 bits per heavy atom. The van der Waals surface area contributed by atoms with Crippen molar-refractivity contribution in [1.29, 1.82) is 0 Å². The molecule has 0 aliphatic heterocycles. The first-order valence-corrected chi connectivity index (χ1v) is 11.7. The van der Waals surface area contributed by atoms with Gasteiger partial charge in [0.1, 0.15) is 6.73 Å². The SMILES string of the molecule is COC(C)c1nn(COCC[Si](C)(C)C)c2ccc([N+](=O)[O-])cc12. The van der Waals surface area contributed by atoms with E-state index in [-0.39, 0.29) is 11.8 Å². The van der Waals surface area contributed by atoms with Crippen molar-refractivity contribution < 1.29 is 14.4 Å². The van der Waals surface area contributed by atoms with E-state index in [1.54, 1.807) is 23.9 Å². The summed E-state index contributed by atoms with van der Waals surface area (Å²) >= 11 is 0. The van der Waals surface area contributed by atoms with Gasteiger partial charge in [-0.3, -0.25) is 10.1 Å². The number of methoxy groups -OCH3 is 1. The first kappa shape index (κ1) is 18.6. The molecule has 0 saturated heterocycles. The second-order valence-corrected chi connectivity index (χ2v) is 12.7. The smallest absolute Gasteiger partial charge is 0.270 e. The Hall–Kier alpha value is -1.77. The minimum Gasteiger partial charge on any atom is -0.375 e. The number of hydrogen-bond donors (Lipinski definition) is 0. The number of nitro groups is 1. The van der Waals surface area contributed by atoms with Crippen molar-refractivity contribution in [2.24, 2.45) is 0 Å². The van der Waals surface area contributed by atoms with Crippen LogP contribution in [0.15, 0.2) is 18.2 Å². The summed E-state index contributed by atoms with van der Waals surface area (Å²) in [6, 6.07) is 5.84. The number of aromatic nitrogens is 2. The summed E-state index contributed by atoms with van der Waals surface area (Å²) in [4.78, 5) is 10.6. The van der Waals surface area contributed by atoms with Gasteiger partial charge in [0.25, 0.3) is 5.69 Å². The highest BCUT2D eigenvalue weighted by atomic mass is 28.3. The molecular weight excluding hydrogens is 326 g/mol. The van der Waals surface area contributed by atoms with Crippen molar-refractivity contribution in [2.45, 2.75) is 45.4 Å². The lowest BCUT2D eigenvalue weighted by molar-refractivity contribution is -0.384. The van der Waals surface area contributed by atoms with Crippen LogP contribution in [0.5, 0.6) is 0 Å². The molecule has 1 atom stereocenters. The summed E-state index contributed by atoms with van der Waals surface area (Å²) in [5, 5.41) is 16.3. The number of non-ortho nitro benzene ring substituents is 1. The van der Waals surface area contributed by atoms with Gasteiger partial charge < -0.3 is 9.47 Å². The second-order valence-electron chi connectivity index (χ2n) is 7.07. The van der Waals surface area contributed by atoms with E-state index >= 15 is 0 Å². The van der Waals surface area contributed by atoms with Crippen LogP contribution in [-0.2, 0) is 16.2 Å². The predicted octanol–water partition coefficient (Wildman–Crippen LogP) is 3.96. The Morgan fingerprint density at radius 2 is 2.08 bits per heavy atom. The Bertz CT molecular complexity index is 724. The van der Waals surface area contributed by atoms with Gasteiger partial charge in [-0.15, -0.1) is 0 Å². The molecule has 8 heteroatoms. The van der Waals surface area contributed by atoms with E-state index in [2.05, 4.69) is 24.7 Å². The van der Waals surface area contributed by atoms with E-state index in [0.717, 1.165) is 16.9 Å². The maximum atomic E-state index is 11.0. The molecule has 1 unspecified atom stereocenters. The fourth-order valence-corrected chi connectivity index (χ4v) is 3.10. The minimum atomic E-state index is -1.14. The molecule has 0 amide bonds. The zero-order chi connectivity index (χ0) is 17.9. The van der Waals surface area contributed by atoms with Gasteiger partial charge in [0.15, 0.2) is 0 Å². The Labute approximate surface area is 142 Å². The van der Waals surface area contributed by atoms with E-state index in [4.69, 9.17) is 9.47 Å². The van der Waals surface area contributed by atoms with Crippen molar-refractivity contribution in [3.05, 3.63) is 34.0 Å². The average molecular weight is 351 g/mol. The molecule has 1 heterocycles. The van der Waals surface area contributed by atoms with Crippen LogP contribution in [0.25, 0.3) is 10.9 Å². The number of hydrogen-bond acceptors (Lipinski definition) is 5. The van der Waals surface area contributed by atoms with Crippen molar-refractivity contribution in [3.8, 4) is 0 Å². The van der Waals surface area contributed by atoms with Gasteiger partial charge in [0.05, 0.1) is 22.2 Å². The van der Waals surface area contributed by atoms with Crippen LogP contribution >= 0.6 is 0 Å². The Morgan fingerprint density at radius 1 is 1.38 bits per heavy atom. The van der Waals surface area contributed by atoms with Crippen LogP contribution in [-0.4, -0.2) is 36.5 Å². The van der Waals surface area contributed by atoms with E-state index in [1.165, 1.54) is 6.07 Å². The van der Waals surface area contributed by atoms with Crippen LogP contribution in [0.2, 0.25) is 25.7 Å². The first-order chi connectivity index (χ1) is 11.2. The largest absolute Gasteiger partial charge is 0.375 e. The molecular formula is C16H25N3O4Si. The third-order valence-electron chi connectivity index (χ3n) is 3.92. The van der Waals surface area contributed by atoms with Gasteiger partial charge in [0.2, 0.25) is 0 Å². The number of benzene rings is 1. The highest BCUT2D eigenvalue weighted by Crippen LogP contribution is 2.29. The summed E-state index contributed by atoms with van der Waals surface area (Å²) in [5.41, 5.74) is 1.55. The molecule has 0 N–H and O–H groups in total. The molecule has 0 bridgehead atoms. The fraction of sp³-hybridized carbons (Fsp3) is 0.562. The maximum Gasteiger partial charge on any atom is 0.270 e. The third-order valence-corrected chi connectivity index (χ3v) is 5.63. The summed E-state index contributed by atoms with van der Waals surface area (Å²) in [5.74, 6) is 0. The van der Waals surface area contributed by atoms with E-state index in [1.807, 2.05) is 6.92 Å². The predicted molar refractivity (Wildman–Crippen MR) is 95.9 cm³/mol. The molecule has 0 saturated carbocycles. The molecule has 0 radical (unpaired) electrons. The van der Waals surface area contributed by atoms with Gasteiger partial charge in [-0.25, -0.2) is 4.68 Å². The highest BCUT2D eigenvalue weighted by Gasteiger charge is 2.19. The second kappa shape index (κ2) is 7.41. The van der Waals surface area contributed by atoms with Crippen molar-refractivity contribution in [2.75, 3.05) is 13.7 Å². The number of fused-ring (bicyclic) bond motifs is 1. The zero-order valence-electron chi connectivity index (χ0n) is 14.9. The molecule has 1 aromatic heterocycles. The molecule has 132 valence electrons. The Balaban J connectivity index is 2.28. The van der Waals surface area contributed by atoms with Gasteiger partial charge in [-0.2, -0.15) is 5.10 Å². The number of ether oxygens (including phenoxy) is 2. The summed E-state index contributed by atoms with van der Waals surface area (Å²) < 4.78 is 12.9. The van der Waals surface area contributed by atoms with Crippen molar-refractivity contribution in [3.63, 3.8) is 0 Å². The van der Waals surface area contributed by atoms with Gasteiger partial charge in [-0.1, -0.05) is 19.6 Å². The standard InChI is InChI=1S/C16H25N3O4Si/c1-12(22-2)16-14-10-13(19(20)21)6-7-15(14)18(17-16)11-23-8-9-24(3,4)5/h6-7,10,12H,8-9,11H2,1-5H3. The number of nitro benzene ring substituents is 1. The van der Waals surface area contributed by atoms with Crippen molar-refractivity contribution in [1.82, 2.24) is 9.78 Å². The highest BCUT2D eigenvalue weighted by molar-refractivity contribution is 6.76. The van der Waals surface area contributed by atoms with E-state index in [0.29, 0.717) is 19.0 Å². The molecule has 24 heavy (non-hydrogen) atoms. The lowest BCUT2D eigenvalue weighted by atomic mass is 10.1. The Kier molecular flexibility index (Phi) is 5.73. The van der Waals surface area contributed by atoms with Gasteiger partial charge >= 0.3 is 0 Å². The van der Waals surface area contributed by atoms with Gasteiger partial charge in [-0.05, 0) is 19.0 Å². The molecule has 0 aliphatic carbocycles.